The van der Waals surface area contributed by atoms with Gasteiger partial charge in [0.2, 0.25) is 0 Å². The van der Waals surface area contributed by atoms with Gasteiger partial charge in [-0.1, -0.05) is 20.8 Å². The summed E-state index contributed by atoms with van der Waals surface area (Å²) < 4.78 is 23.8. The van der Waals surface area contributed by atoms with Crippen LogP contribution in [0, 0.1) is 5.82 Å². The van der Waals surface area contributed by atoms with E-state index in [1.54, 1.807) is 19.1 Å². The van der Waals surface area contributed by atoms with Crippen LogP contribution in [0.3, 0.4) is 0 Å². The zero-order chi connectivity index (χ0) is 25.5. The van der Waals surface area contributed by atoms with Gasteiger partial charge in [0.1, 0.15) is 12.4 Å². The summed E-state index contributed by atoms with van der Waals surface area (Å²) in [7, 11) is 0. The molecule has 1 fully saturated rings. The minimum absolute atomic E-state index is 0.0248. The van der Waals surface area contributed by atoms with Crippen molar-refractivity contribution in [2.75, 3.05) is 0 Å². The zero-order valence-corrected chi connectivity index (χ0v) is 20.5. The number of cyclic esters (lactones) is 1. The summed E-state index contributed by atoms with van der Waals surface area (Å²) in [6, 6.07) is 4.96. The molecule has 188 valence electrons. The zero-order valence-electron chi connectivity index (χ0n) is 20.5. The summed E-state index contributed by atoms with van der Waals surface area (Å²) in [6.45, 7) is 5.91. The number of aliphatic hydroxyl groups is 1. The first kappa shape index (κ1) is 23.1. The van der Waals surface area contributed by atoms with Gasteiger partial charge >= 0.3 is 5.97 Å². The van der Waals surface area contributed by atoms with Crippen molar-refractivity contribution in [3.05, 3.63) is 67.0 Å². The number of ether oxygens (including phenoxy) is 1. The lowest BCUT2D eigenvalue weighted by atomic mass is 9.85. The minimum Gasteiger partial charge on any atom is -0.458 e. The van der Waals surface area contributed by atoms with Gasteiger partial charge in [0.15, 0.2) is 11.0 Å². The molecule has 3 aliphatic rings. The van der Waals surface area contributed by atoms with Crippen LogP contribution in [0.2, 0.25) is 0 Å². The molecular formula is C27H28FN3O5. The van der Waals surface area contributed by atoms with Crippen LogP contribution in [-0.4, -0.2) is 26.3 Å². The van der Waals surface area contributed by atoms with Crippen molar-refractivity contribution in [1.82, 2.24) is 14.5 Å². The Morgan fingerprint density at radius 1 is 1.22 bits per heavy atom. The number of benzene rings is 1. The molecule has 2 aromatic heterocycles. The van der Waals surface area contributed by atoms with Crippen LogP contribution < -0.4 is 16.3 Å². The molecule has 3 aromatic rings. The lowest BCUT2D eigenvalue weighted by Crippen LogP contribution is -2.44. The molecule has 2 N–H and O–H groups in total. The fourth-order valence-corrected chi connectivity index (χ4v) is 5.55. The van der Waals surface area contributed by atoms with Gasteiger partial charge in [0.25, 0.3) is 5.56 Å². The second kappa shape index (κ2) is 7.85. The summed E-state index contributed by atoms with van der Waals surface area (Å²) in [5.41, 5.74) is 0.233. The molecule has 6 rings (SSSR count). The first-order chi connectivity index (χ1) is 17.2. The van der Waals surface area contributed by atoms with Crippen LogP contribution in [0.5, 0.6) is 0 Å². The number of nitrogens with zero attached hydrogens (tertiary/aromatic N) is 2. The predicted octanol–water partition coefficient (Wildman–Crippen LogP) is 2.82. The van der Waals surface area contributed by atoms with Crippen molar-refractivity contribution < 1.29 is 19.0 Å². The molecule has 0 bridgehead atoms. The maximum Gasteiger partial charge on any atom is 0.343 e. The van der Waals surface area contributed by atoms with Gasteiger partial charge in [-0.25, -0.2) is 9.18 Å². The molecule has 0 amide bonds. The van der Waals surface area contributed by atoms with Gasteiger partial charge in [-0.3, -0.25) is 9.59 Å². The number of hydrogen-bond acceptors (Lipinski definition) is 6. The quantitative estimate of drug-likeness (QED) is 0.415. The highest BCUT2D eigenvalue weighted by Gasteiger charge is 2.46. The lowest BCUT2D eigenvalue weighted by molar-refractivity contribution is -0.172. The van der Waals surface area contributed by atoms with Crippen molar-refractivity contribution in [1.29, 1.82) is 0 Å². The van der Waals surface area contributed by atoms with Crippen molar-refractivity contribution in [3.8, 4) is 11.3 Å². The number of aromatic nitrogens is 2. The number of pyridine rings is 2. The van der Waals surface area contributed by atoms with Crippen molar-refractivity contribution in [2.45, 2.75) is 77.4 Å². The minimum atomic E-state index is -1.96. The highest BCUT2D eigenvalue weighted by molar-refractivity contribution is 5.88. The van der Waals surface area contributed by atoms with E-state index in [4.69, 9.17) is 4.74 Å². The van der Waals surface area contributed by atoms with Crippen LogP contribution in [0.25, 0.3) is 22.2 Å². The average molecular weight is 494 g/mol. The summed E-state index contributed by atoms with van der Waals surface area (Å²) >= 11 is 0. The number of rotatable bonds is 5. The van der Waals surface area contributed by atoms with Crippen molar-refractivity contribution in [2.24, 2.45) is 0 Å². The Balaban J connectivity index is 1.63. The summed E-state index contributed by atoms with van der Waals surface area (Å²) in [4.78, 5) is 39.8. The standard InChI is InChI=1S/C27H28FN3O5/c1-4-27(35)18-9-21-23-22(11-30(21)25(33)17(18)12-36-26(27)34)31(15-5-6-15)20-7-14(10-29-13(2)3)19(28)8-16(20)24(23)32/h7-9,13,15,29,35H,4-6,10-12H2,1-3H3/t27-/m0/s1. The van der Waals surface area contributed by atoms with E-state index in [0.717, 1.165) is 12.8 Å². The Hall–Kier alpha value is -3.30. The Morgan fingerprint density at radius 2 is 1.97 bits per heavy atom. The van der Waals surface area contributed by atoms with Crippen LogP contribution in [-0.2, 0) is 34.8 Å². The van der Waals surface area contributed by atoms with E-state index in [-0.39, 0.29) is 53.6 Å². The van der Waals surface area contributed by atoms with Crippen LogP contribution in [0.1, 0.15) is 68.5 Å². The predicted molar refractivity (Wildman–Crippen MR) is 131 cm³/mol. The topological polar surface area (TPSA) is 103 Å². The first-order valence-corrected chi connectivity index (χ1v) is 12.5. The van der Waals surface area contributed by atoms with Gasteiger partial charge in [-0.05, 0) is 37.5 Å². The monoisotopic (exact) mass is 493 g/mol. The van der Waals surface area contributed by atoms with Gasteiger partial charge in [-0.15, -0.1) is 0 Å². The van der Waals surface area contributed by atoms with E-state index in [9.17, 15) is 19.5 Å². The summed E-state index contributed by atoms with van der Waals surface area (Å²) in [5.74, 6) is -1.27. The molecule has 9 heteroatoms. The molecule has 1 atom stereocenters. The maximum atomic E-state index is 15.1. The second-order valence-corrected chi connectivity index (χ2v) is 10.4. The van der Waals surface area contributed by atoms with E-state index in [0.29, 0.717) is 34.6 Å². The lowest BCUT2D eigenvalue weighted by Gasteiger charge is -2.31. The molecule has 0 radical (unpaired) electrons. The number of fused-ring (bicyclic) bond motifs is 5. The Labute approximate surface area is 206 Å². The van der Waals surface area contributed by atoms with E-state index in [1.807, 2.05) is 13.8 Å². The maximum absolute atomic E-state index is 15.1. The fourth-order valence-electron chi connectivity index (χ4n) is 5.55. The van der Waals surface area contributed by atoms with E-state index >= 15 is 4.39 Å². The van der Waals surface area contributed by atoms with Crippen LogP contribution >= 0.6 is 0 Å². The number of esters is 1. The average Bonchev–Trinajstić information content (AvgIpc) is 3.60. The first-order valence-electron chi connectivity index (χ1n) is 12.5. The van der Waals surface area contributed by atoms with Gasteiger partial charge in [0.05, 0.1) is 34.6 Å². The third kappa shape index (κ3) is 3.15. The van der Waals surface area contributed by atoms with Crippen LogP contribution in [0.4, 0.5) is 4.39 Å². The Morgan fingerprint density at radius 3 is 2.64 bits per heavy atom. The molecule has 0 unspecified atom stereocenters. The van der Waals surface area contributed by atoms with Gasteiger partial charge in [0, 0.05) is 35.1 Å². The number of nitrogens with one attached hydrogen (secondary N) is 1. The summed E-state index contributed by atoms with van der Waals surface area (Å²) in [5, 5.41) is 14.6. The molecule has 4 heterocycles. The molecule has 2 aliphatic heterocycles. The SMILES string of the molecule is CC[C@@]1(O)C(=O)OCc2c1cc1n(c2=O)Cc2c-1c(=O)c1cc(F)c(CNC(C)C)cc1n2C1CC1. The number of carbonyl (C=O) groups is 1. The van der Waals surface area contributed by atoms with Crippen molar-refractivity contribution in [3.63, 3.8) is 0 Å². The van der Waals surface area contributed by atoms with E-state index < -0.39 is 22.9 Å². The van der Waals surface area contributed by atoms with Gasteiger partial charge in [-0.2, -0.15) is 0 Å². The summed E-state index contributed by atoms with van der Waals surface area (Å²) in [6.07, 6.45) is 1.89. The fraction of sp³-hybridized carbons (Fsp3) is 0.444. The Kier molecular flexibility index (Phi) is 5.04. The molecule has 0 saturated heterocycles. The molecular weight excluding hydrogens is 465 g/mol. The highest BCUT2D eigenvalue weighted by Crippen LogP contribution is 2.43. The smallest absolute Gasteiger partial charge is 0.343 e. The van der Waals surface area contributed by atoms with Crippen molar-refractivity contribution >= 4 is 16.9 Å². The van der Waals surface area contributed by atoms with E-state index in [1.165, 1.54) is 10.6 Å². The molecule has 1 saturated carbocycles. The number of carbonyl (C=O) groups excluding carboxylic acids is 1. The molecule has 0 spiro atoms. The highest BCUT2D eigenvalue weighted by atomic mass is 19.1. The number of halogens is 1. The number of hydrogen-bond donors (Lipinski definition) is 2. The third-order valence-electron chi connectivity index (χ3n) is 7.69. The second-order valence-electron chi connectivity index (χ2n) is 10.4. The molecule has 36 heavy (non-hydrogen) atoms. The van der Waals surface area contributed by atoms with E-state index in [2.05, 4.69) is 9.88 Å². The normalized spacial score (nSPS) is 20.4. The van der Waals surface area contributed by atoms with Gasteiger partial charge < -0.3 is 24.3 Å². The molecule has 1 aliphatic carbocycles. The third-order valence-corrected chi connectivity index (χ3v) is 7.69. The van der Waals surface area contributed by atoms with Crippen LogP contribution in [0.15, 0.2) is 27.8 Å². The largest absolute Gasteiger partial charge is 0.458 e. The Bertz CT molecular complexity index is 1580. The molecule has 1 aromatic carbocycles. The molecule has 8 nitrogen and oxygen atoms in total.